The van der Waals surface area contributed by atoms with Gasteiger partial charge in [0.2, 0.25) is 0 Å². The Bertz CT molecular complexity index is 1280. The van der Waals surface area contributed by atoms with Crippen LogP contribution in [0.4, 0.5) is 5.69 Å². The number of fused-ring (bicyclic) bond motifs is 1. The number of hydrogen-bond acceptors (Lipinski definition) is 1. The van der Waals surface area contributed by atoms with Crippen LogP contribution in [0.1, 0.15) is 0 Å². The molecule has 0 saturated carbocycles. The highest BCUT2D eigenvalue weighted by atomic mass is 14.5. The zero-order valence-electron chi connectivity index (χ0n) is 16.0. The van der Waals surface area contributed by atoms with Crippen LogP contribution in [0.2, 0.25) is 0 Å². The van der Waals surface area contributed by atoms with Crippen molar-refractivity contribution in [3.8, 4) is 33.4 Å². The first kappa shape index (κ1) is 17.3. The second-order valence-electron chi connectivity index (χ2n) is 7.28. The van der Waals surface area contributed by atoms with Gasteiger partial charge in [0, 0.05) is 5.69 Å². The minimum atomic E-state index is 0.776. The molecule has 1 heteroatoms. The van der Waals surface area contributed by atoms with Gasteiger partial charge < -0.3 is 5.73 Å². The minimum absolute atomic E-state index is 0.776. The van der Waals surface area contributed by atoms with Gasteiger partial charge in [-0.05, 0) is 56.3 Å². The van der Waals surface area contributed by atoms with Gasteiger partial charge >= 0.3 is 0 Å². The van der Waals surface area contributed by atoms with E-state index >= 15 is 0 Å². The van der Waals surface area contributed by atoms with Gasteiger partial charge in [0.15, 0.2) is 0 Å². The van der Waals surface area contributed by atoms with Crippen LogP contribution in [0.3, 0.4) is 0 Å². The smallest absolute Gasteiger partial charge is 0.0320 e. The van der Waals surface area contributed by atoms with E-state index < -0.39 is 0 Å². The van der Waals surface area contributed by atoms with Gasteiger partial charge in [-0.2, -0.15) is 0 Å². The van der Waals surface area contributed by atoms with E-state index in [4.69, 9.17) is 5.73 Å². The van der Waals surface area contributed by atoms with Crippen LogP contribution in [-0.4, -0.2) is 0 Å². The van der Waals surface area contributed by atoms with Crippen molar-refractivity contribution in [3.63, 3.8) is 0 Å². The Labute approximate surface area is 171 Å². The quantitative estimate of drug-likeness (QED) is 0.328. The summed E-state index contributed by atoms with van der Waals surface area (Å²) < 4.78 is 0. The van der Waals surface area contributed by atoms with Gasteiger partial charge in [0.25, 0.3) is 0 Å². The van der Waals surface area contributed by atoms with Gasteiger partial charge in [0.1, 0.15) is 0 Å². The molecule has 138 valence electrons. The number of nitrogen functional groups attached to an aromatic ring is 1. The molecule has 5 aromatic carbocycles. The lowest BCUT2D eigenvalue weighted by atomic mass is 9.92. The summed E-state index contributed by atoms with van der Waals surface area (Å²) in [6, 6.07) is 40.4. The van der Waals surface area contributed by atoms with Crippen molar-refractivity contribution >= 4 is 16.5 Å². The Kier molecular flexibility index (Phi) is 4.34. The Morgan fingerprint density at radius 1 is 0.414 bits per heavy atom. The van der Waals surface area contributed by atoms with Crippen molar-refractivity contribution in [2.24, 2.45) is 0 Å². The first-order chi connectivity index (χ1) is 14.3. The number of benzene rings is 5. The van der Waals surface area contributed by atoms with E-state index in [-0.39, 0.29) is 0 Å². The lowest BCUT2D eigenvalue weighted by molar-refractivity contribution is 1.57. The van der Waals surface area contributed by atoms with Crippen LogP contribution >= 0.6 is 0 Å². The van der Waals surface area contributed by atoms with Gasteiger partial charge in [-0.1, -0.05) is 103 Å². The maximum atomic E-state index is 6.13. The Balaban J connectivity index is 1.61. The first-order valence-electron chi connectivity index (χ1n) is 9.83. The molecule has 0 aromatic heterocycles. The molecule has 1 nitrogen and oxygen atoms in total. The Morgan fingerprint density at radius 2 is 1.03 bits per heavy atom. The molecule has 0 saturated heterocycles. The molecule has 5 rings (SSSR count). The highest BCUT2D eigenvalue weighted by molar-refractivity contribution is 5.97. The van der Waals surface area contributed by atoms with Crippen LogP contribution in [0.25, 0.3) is 44.2 Å². The zero-order chi connectivity index (χ0) is 19.6. The van der Waals surface area contributed by atoms with Gasteiger partial charge in [-0.15, -0.1) is 0 Å². The lowest BCUT2D eigenvalue weighted by Crippen LogP contribution is -1.90. The number of hydrogen-bond donors (Lipinski definition) is 1. The molecule has 0 atom stereocenters. The monoisotopic (exact) mass is 371 g/mol. The van der Waals surface area contributed by atoms with Crippen molar-refractivity contribution in [3.05, 3.63) is 115 Å². The fourth-order valence-corrected chi connectivity index (χ4v) is 3.98. The molecule has 0 radical (unpaired) electrons. The summed E-state index contributed by atoms with van der Waals surface area (Å²) in [5.41, 5.74) is 14.1. The first-order valence-corrected chi connectivity index (χ1v) is 9.83. The van der Waals surface area contributed by atoms with E-state index in [0.29, 0.717) is 0 Å². The third-order valence-electron chi connectivity index (χ3n) is 5.42. The molecule has 0 aliphatic carbocycles. The second-order valence-corrected chi connectivity index (χ2v) is 7.28. The van der Waals surface area contributed by atoms with Crippen molar-refractivity contribution in [1.29, 1.82) is 0 Å². The molecule has 5 aromatic rings. The van der Waals surface area contributed by atoms with E-state index in [1.54, 1.807) is 0 Å². The van der Waals surface area contributed by atoms with Crippen LogP contribution in [-0.2, 0) is 0 Å². The number of rotatable bonds is 3. The Hall–Kier alpha value is -3.84. The van der Waals surface area contributed by atoms with Crippen molar-refractivity contribution < 1.29 is 0 Å². The molecular weight excluding hydrogens is 350 g/mol. The van der Waals surface area contributed by atoms with E-state index in [1.165, 1.54) is 38.6 Å². The van der Waals surface area contributed by atoms with E-state index in [1.807, 2.05) is 12.1 Å². The standard InChI is InChI=1S/C28H21N/c29-24-17-18-27(20-7-2-1-3-8-20)28(19-24)23-15-13-22(14-16-23)26-12-6-10-21-9-4-5-11-25(21)26/h1-19H,29H2. The molecule has 0 fully saturated rings. The van der Waals surface area contributed by atoms with Crippen LogP contribution in [0.5, 0.6) is 0 Å². The predicted molar refractivity (Wildman–Crippen MR) is 125 cm³/mol. The van der Waals surface area contributed by atoms with E-state index in [2.05, 4.69) is 103 Å². The molecule has 0 unspecified atom stereocenters. The normalized spacial score (nSPS) is 10.9. The fourth-order valence-electron chi connectivity index (χ4n) is 3.98. The molecule has 29 heavy (non-hydrogen) atoms. The average molecular weight is 371 g/mol. The fraction of sp³-hybridized carbons (Fsp3) is 0. The van der Waals surface area contributed by atoms with Crippen molar-refractivity contribution in [2.75, 3.05) is 5.73 Å². The summed E-state index contributed by atoms with van der Waals surface area (Å²) in [6.45, 7) is 0. The van der Waals surface area contributed by atoms with Gasteiger partial charge in [0.05, 0.1) is 0 Å². The average Bonchev–Trinajstić information content (AvgIpc) is 2.79. The zero-order valence-corrected chi connectivity index (χ0v) is 16.0. The molecule has 0 spiro atoms. The molecule has 0 bridgehead atoms. The van der Waals surface area contributed by atoms with Crippen LogP contribution in [0, 0.1) is 0 Å². The summed E-state index contributed by atoms with van der Waals surface area (Å²) in [5, 5.41) is 2.54. The maximum Gasteiger partial charge on any atom is 0.0320 e. The lowest BCUT2D eigenvalue weighted by Gasteiger charge is -2.13. The highest BCUT2D eigenvalue weighted by Gasteiger charge is 2.09. The molecule has 0 heterocycles. The van der Waals surface area contributed by atoms with E-state index in [9.17, 15) is 0 Å². The minimum Gasteiger partial charge on any atom is -0.399 e. The van der Waals surface area contributed by atoms with E-state index in [0.717, 1.165) is 11.3 Å². The van der Waals surface area contributed by atoms with Crippen LogP contribution in [0.15, 0.2) is 115 Å². The summed E-state index contributed by atoms with van der Waals surface area (Å²) in [6.07, 6.45) is 0. The largest absolute Gasteiger partial charge is 0.399 e. The van der Waals surface area contributed by atoms with Gasteiger partial charge in [-0.3, -0.25) is 0 Å². The summed E-state index contributed by atoms with van der Waals surface area (Å²) >= 11 is 0. The Morgan fingerprint density at radius 3 is 1.83 bits per heavy atom. The molecule has 2 N–H and O–H groups in total. The molecule has 0 amide bonds. The summed E-state index contributed by atoms with van der Waals surface area (Å²) in [4.78, 5) is 0. The number of nitrogens with two attached hydrogens (primary N) is 1. The highest BCUT2D eigenvalue weighted by Crippen LogP contribution is 2.35. The molecular formula is C28H21N. The predicted octanol–water partition coefficient (Wildman–Crippen LogP) is 7.42. The number of anilines is 1. The summed E-state index contributed by atoms with van der Waals surface area (Å²) in [5.74, 6) is 0. The second kappa shape index (κ2) is 7.29. The summed E-state index contributed by atoms with van der Waals surface area (Å²) in [7, 11) is 0. The van der Waals surface area contributed by atoms with Crippen molar-refractivity contribution in [1.82, 2.24) is 0 Å². The third kappa shape index (κ3) is 3.28. The maximum absolute atomic E-state index is 6.13. The van der Waals surface area contributed by atoms with Crippen molar-refractivity contribution in [2.45, 2.75) is 0 Å². The van der Waals surface area contributed by atoms with Crippen LogP contribution < -0.4 is 5.73 Å². The third-order valence-corrected chi connectivity index (χ3v) is 5.42. The molecule has 0 aliphatic rings. The SMILES string of the molecule is Nc1ccc(-c2ccccc2)c(-c2ccc(-c3cccc4ccccc34)cc2)c1. The topological polar surface area (TPSA) is 26.0 Å². The molecule has 0 aliphatic heterocycles. The van der Waals surface area contributed by atoms with Gasteiger partial charge in [-0.25, -0.2) is 0 Å².